The molecular weight excluding hydrogens is 372 g/mol. The first-order chi connectivity index (χ1) is 12.4. The molecule has 0 radical (unpaired) electrons. The summed E-state index contributed by atoms with van der Waals surface area (Å²) < 4.78 is 23.2. The van der Waals surface area contributed by atoms with E-state index in [0.717, 1.165) is 11.1 Å². The largest absolute Gasteiger partial charge is 0.350 e. The molecular formula is C19H21ClN2O3S. The van der Waals surface area contributed by atoms with E-state index < -0.39 is 21.3 Å². The van der Waals surface area contributed by atoms with Gasteiger partial charge < -0.3 is 5.32 Å². The van der Waals surface area contributed by atoms with Gasteiger partial charge in [0.15, 0.2) is 9.84 Å². The molecule has 2 aromatic carbocycles. The number of halogens is 1. The van der Waals surface area contributed by atoms with Gasteiger partial charge in [-0.15, -0.1) is 11.6 Å². The normalized spacial score (nSPS) is 21.6. The van der Waals surface area contributed by atoms with E-state index in [1.165, 1.54) is 0 Å². The second-order valence-corrected chi connectivity index (χ2v) is 9.12. The van der Waals surface area contributed by atoms with Gasteiger partial charge in [0.05, 0.1) is 35.5 Å². The summed E-state index contributed by atoms with van der Waals surface area (Å²) in [4.78, 5) is 12.3. The molecule has 1 heterocycles. The van der Waals surface area contributed by atoms with Crippen LogP contribution in [-0.2, 0) is 14.6 Å². The van der Waals surface area contributed by atoms with E-state index in [2.05, 4.69) is 10.6 Å². The van der Waals surface area contributed by atoms with Gasteiger partial charge in [-0.25, -0.2) is 8.42 Å². The molecule has 2 N–H and O–H groups in total. The van der Waals surface area contributed by atoms with E-state index >= 15 is 0 Å². The minimum absolute atomic E-state index is 0.0641. The third-order valence-electron chi connectivity index (χ3n) is 4.36. The Hall–Kier alpha value is -1.89. The van der Waals surface area contributed by atoms with Gasteiger partial charge in [0.2, 0.25) is 5.91 Å². The van der Waals surface area contributed by atoms with Gasteiger partial charge in [0.1, 0.15) is 0 Å². The third-order valence-corrected chi connectivity index (χ3v) is 6.74. The predicted octanol–water partition coefficient (Wildman–Crippen LogP) is 1.89. The Kier molecular flexibility index (Phi) is 5.96. The number of hydrogen-bond acceptors (Lipinski definition) is 4. The summed E-state index contributed by atoms with van der Waals surface area (Å²) in [6, 6.07) is 19.0. The van der Waals surface area contributed by atoms with Crippen LogP contribution in [0.4, 0.5) is 0 Å². The van der Waals surface area contributed by atoms with E-state index in [4.69, 9.17) is 11.6 Å². The van der Waals surface area contributed by atoms with Crippen LogP contribution in [-0.4, -0.2) is 43.8 Å². The van der Waals surface area contributed by atoms with Crippen LogP contribution >= 0.6 is 11.6 Å². The zero-order valence-electron chi connectivity index (χ0n) is 14.1. The molecule has 0 saturated carbocycles. The third kappa shape index (κ3) is 4.84. The maximum atomic E-state index is 12.3. The van der Waals surface area contributed by atoms with Gasteiger partial charge in [-0.1, -0.05) is 60.7 Å². The number of sulfone groups is 1. The molecule has 0 aromatic heterocycles. The van der Waals surface area contributed by atoms with Crippen molar-refractivity contribution < 1.29 is 13.2 Å². The Bertz CT molecular complexity index is 804. The molecule has 2 atom stereocenters. The van der Waals surface area contributed by atoms with Gasteiger partial charge in [-0.2, -0.15) is 0 Å². The SMILES string of the molecule is O=C(CNC(c1ccccc1)c1ccccc1)N[C@H]1CS(=O)(=O)C[C@@H]1Cl. The smallest absolute Gasteiger partial charge is 0.234 e. The van der Waals surface area contributed by atoms with Gasteiger partial charge in [-0.05, 0) is 11.1 Å². The fourth-order valence-corrected chi connectivity index (χ4v) is 5.66. The summed E-state index contributed by atoms with van der Waals surface area (Å²) in [5.41, 5.74) is 2.09. The van der Waals surface area contributed by atoms with Gasteiger partial charge in [-0.3, -0.25) is 10.1 Å². The van der Waals surface area contributed by atoms with Crippen molar-refractivity contribution in [2.45, 2.75) is 17.5 Å². The lowest BCUT2D eigenvalue weighted by atomic mass is 9.99. The summed E-state index contributed by atoms with van der Waals surface area (Å²) in [6.07, 6.45) is 0. The standard InChI is InChI=1S/C19H21ClN2O3S/c20-16-12-26(24,25)13-17(16)22-18(23)11-21-19(14-7-3-1-4-8-14)15-9-5-2-6-10-15/h1-10,16-17,19,21H,11-13H2,(H,22,23)/t16-,17-/m0/s1. The average molecular weight is 393 g/mol. The Labute approximate surface area is 158 Å². The van der Waals surface area contributed by atoms with Crippen molar-refractivity contribution in [1.29, 1.82) is 0 Å². The molecule has 26 heavy (non-hydrogen) atoms. The monoisotopic (exact) mass is 392 g/mol. The van der Waals surface area contributed by atoms with Crippen LogP contribution in [0.25, 0.3) is 0 Å². The van der Waals surface area contributed by atoms with Crippen LogP contribution in [0.5, 0.6) is 0 Å². The fourth-order valence-electron chi connectivity index (χ4n) is 3.11. The fraction of sp³-hybridized carbons (Fsp3) is 0.316. The van der Waals surface area contributed by atoms with Crippen molar-refractivity contribution in [1.82, 2.24) is 10.6 Å². The van der Waals surface area contributed by atoms with Crippen LogP contribution in [0.15, 0.2) is 60.7 Å². The Morgan fingerprint density at radius 2 is 1.54 bits per heavy atom. The quantitative estimate of drug-likeness (QED) is 0.736. The molecule has 1 fully saturated rings. The van der Waals surface area contributed by atoms with E-state index in [-0.39, 0.29) is 30.0 Å². The highest BCUT2D eigenvalue weighted by molar-refractivity contribution is 7.91. The Morgan fingerprint density at radius 1 is 1.00 bits per heavy atom. The lowest BCUT2D eigenvalue weighted by Crippen LogP contribution is -2.45. The van der Waals surface area contributed by atoms with Crippen molar-refractivity contribution in [3.63, 3.8) is 0 Å². The number of rotatable bonds is 6. The number of benzene rings is 2. The minimum atomic E-state index is -3.17. The molecule has 138 valence electrons. The molecule has 3 rings (SSSR count). The van der Waals surface area contributed by atoms with Crippen LogP contribution < -0.4 is 10.6 Å². The summed E-state index contributed by atoms with van der Waals surface area (Å²) in [5, 5.41) is 5.41. The van der Waals surface area contributed by atoms with E-state index in [0.29, 0.717) is 0 Å². The number of carbonyl (C=O) groups excluding carboxylic acids is 1. The molecule has 1 amide bonds. The molecule has 2 aromatic rings. The Morgan fingerprint density at radius 3 is 2.00 bits per heavy atom. The summed E-state index contributed by atoms with van der Waals surface area (Å²) in [7, 11) is -3.17. The zero-order chi connectivity index (χ0) is 18.6. The maximum Gasteiger partial charge on any atom is 0.234 e. The second-order valence-electron chi connectivity index (χ2n) is 6.40. The van der Waals surface area contributed by atoms with Crippen LogP contribution in [0.3, 0.4) is 0 Å². The number of hydrogen-bond donors (Lipinski definition) is 2. The second kappa shape index (κ2) is 8.20. The van der Waals surface area contributed by atoms with Gasteiger partial charge in [0.25, 0.3) is 0 Å². The van der Waals surface area contributed by atoms with E-state index in [9.17, 15) is 13.2 Å². The minimum Gasteiger partial charge on any atom is -0.350 e. The highest BCUT2D eigenvalue weighted by Gasteiger charge is 2.37. The lowest BCUT2D eigenvalue weighted by molar-refractivity contribution is -0.120. The van der Waals surface area contributed by atoms with Crippen LogP contribution in [0, 0.1) is 0 Å². The molecule has 0 bridgehead atoms. The first kappa shape index (κ1) is 18.9. The summed E-state index contributed by atoms with van der Waals surface area (Å²) in [5.74, 6) is -0.466. The van der Waals surface area contributed by atoms with Crippen molar-refractivity contribution in [2.24, 2.45) is 0 Å². The molecule has 1 aliphatic heterocycles. The van der Waals surface area contributed by atoms with Gasteiger partial charge in [0, 0.05) is 0 Å². The topological polar surface area (TPSA) is 75.3 Å². The number of carbonyl (C=O) groups is 1. The number of nitrogens with one attached hydrogen (secondary N) is 2. The van der Waals surface area contributed by atoms with Crippen molar-refractivity contribution in [2.75, 3.05) is 18.1 Å². The average Bonchev–Trinajstić information content (AvgIpc) is 2.88. The van der Waals surface area contributed by atoms with Crippen molar-refractivity contribution in [3.8, 4) is 0 Å². The predicted molar refractivity (Wildman–Crippen MR) is 103 cm³/mol. The summed E-state index contributed by atoms with van der Waals surface area (Å²) in [6.45, 7) is 0.0641. The van der Waals surface area contributed by atoms with E-state index in [1.54, 1.807) is 0 Å². The highest BCUT2D eigenvalue weighted by Crippen LogP contribution is 2.21. The summed E-state index contributed by atoms with van der Waals surface area (Å²) >= 11 is 6.05. The molecule has 7 heteroatoms. The zero-order valence-corrected chi connectivity index (χ0v) is 15.7. The van der Waals surface area contributed by atoms with Crippen molar-refractivity contribution in [3.05, 3.63) is 71.8 Å². The van der Waals surface area contributed by atoms with Crippen LogP contribution in [0.2, 0.25) is 0 Å². The van der Waals surface area contributed by atoms with E-state index in [1.807, 2.05) is 60.7 Å². The first-order valence-electron chi connectivity index (χ1n) is 8.42. The Balaban J connectivity index is 1.66. The van der Waals surface area contributed by atoms with Crippen molar-refractivity contribution >= 4 is 27.3 Å². The van der Waals surface area contributed by atoms with Gasteiger partial charge >= 0.3 is 0 Å². The molecule has 1 aliphatic rings. The number of amides is 1. The lowest BCUT2D eigenvalue weighted by Gasteiger charge is -2.21. The van der Waals surface area contributed by atoms with Crippen LogP contribution in [0.1, 0.15) is 17.2 Å². The highest BCUT2D eigenvalue weighted by atomic mass is 35.5. The first-order valence-corrected chi connectivity index (χ1v) is 10.7. The molecule has 0 aliphatic carbocycles. The number of alkyl halides is 1. The molecule has 0 unspecified atom stereocenters. The molecule has 0 spiro atoms. The maximum absolute atomic E-state index is 12.3. The molecule has 5 nitrogen and oxygen atoms in total. The molecule has 1 saturated heterocycles.